The van der Waals surface area contributed by atoms with Crippen molar-refractivity contribution >= 4 is 0 Å². The molecule has 0 bridgehead atoms. The van der Waals surface area contributed by atoms with E-state index in [1.54, 1.807) is 7.11 Å². The topological polar surface area (TPSA) is 27.7 Å². The molecule has 18 heavy (non-hydrogen) atoms. The molecule has 1 aliphatic rings. The van der Waals surface area contributed by atoms with Gasteiger partial charge in [0.25, 0.3) is 0 Å². The van der Waals surface area contributed by atoms with Crippen molar-refractivity contribution < 1.29 is 4.74 Å². The largest absolute Gasteiger partial charge is 0.383 e. The maximum absolute atomic E-state index is 5.32. The van der Waals surface area contributed by atoms with Crippen LogP contribution < -0.4 is 5.32 Å². The van der Waals surface area contributed by atoms with Crippen LogP contribution in [0.4, 0.5) is 0 Å². The molecule has 0 aromatic carbocycles. The highest BCUT2D eigenvalue weighted by molar-refractivity contribution is 4.89. The third-order valence-electron chi connectivity index (χ3n) is 3.92. The summed E-state index contributed by atoms with van der Waals surface area (Å²) in [5, 5.41) is 3.58. The first-order chi connectivity index (χ1) is 8.49. The van der Waals surface area contributed by atoms with Crippen molar-refractivity contribution in [3.8, 4) is 0 Å². The van der Waals surface area contributed by atoms with Gasteiger partial charge in [-0.2, -0.15) is 0 Å². The van der Waals surface area contributed by atoms with Crippen molar-refractivity contribution in [3.05, 3.63) is 0 Å². The van der Waals surface area contributed by atoms with Crippen LogP contribution >= 0.6 is 0 Å². The van der Waals surface area contributed by atoms with Crippen LogP contribution in [0.25, 0.3) is 0 Å². The fraction of sp³-hybridized carbons (Fsp3) is 1.00. The number of piperazine rings is 1. The SMILES string of the molecule is CCCNC(COC)CN1CCN(C)C(C)(C)C1. The van der Waals surface area contributed by atoms with E-state index in [4.69, 9.17) is 4.74 Å². The molecule has 0 aliphatic carbocycles. The van der Waals surface area contributed by atoms with Crippen LogP contribution in [-0.4, -0.2) is 74.9 Å². The molecule has 1 fully saturated rings. The van der Waals surface area contributed by atoms with Gasteiger partial charge >= 0.3 is 0 Å². The van der Waals surface area contributed by atoms with Crippen molar-refractivity contribution in [1.82, 2.24) is 15.1 Å². The van der Waals surface area contributed by atoms with E-state index in [0.29, 0.717) is 6.04 Å². The van der Waals surface area contributed by atoms with E-state index in [1.165, 1.54) is 6.42 Å². The Balaban J connectivity index is 2.43. The molecule has 1 saturated heterocycles. The van der Waals surface area contributed by atoms with Crippen LogP contribution in [-0.2, 0) is 4.74 Å². The minimum Gasteiger partial charge on any atom is -0.383 e. The maximum Gasteiger partial charge on any atom is 0.0628 e. The van der Waals surface area contributed by atoms with Gasteiger partial charge in [-0.15, -0.1) is 0 Å². The molecule has 4 heteroatoms. The van der Waals surface area contributed by atoms with Gasteiger partial charge in [0.1, 0.15) is 0 Å². The van der Waals surface area contributed by atoms with Gasteiger partial charge < -0.3 is 10.1 Å². The molecule has 0 spiro atoms. The van der Waals surface area contributed by atoms with E-state index in [2.05, 4.69) is 42.9 Å². The van der Waals surface area contributed by atoms with Crippen LogP contribution in [0.15, 0.2) is 0 Å². The molecule has 0 saturated carbocycles. The highest BCUT2D eigenvalue weighted by atomic mass is 16.5. The molecular formula is C14H31N3O. The summed E-state index contributed by atoms with van der Waals surface area (Å²) in [5.74, 6) is 0. The van der Waals surface area contributed by atoms with Gasteiger partial charge in [0.2, 0.25) is 0 Å². The highest BCUT2D eigenvalue weighted by Gasteiger charge is 2.31. The van der Waals surface area contributed by atoms with Crippen molar-refractivity contribution in [3.63, 3.8) is 0 Å². The van der Waals surface area contributed by atoms with Crippen LogP contribution in [0.5, 0.6) is 0 Å². The lowest BCUT2D eigenvalue weighted by Crippen LogP contribution is -2.59. The number of methoxy groups -OCH3 is 1. The molecule has 1 atom stereocenters. The molecule has 0 aromatic rings. The van der Waals surface area contributed by atoms with E-state index < -0.39 is 0 Å². The third-order valence-corrected chi connectivity index (χ3v) is 3.92. The normalized spacial score (nSPS) is 23.2. The van der Waals surface area contributed by atoms with Crippen molar-refractivity contribution in [2.75, 3.05) is 53.5 Å². The second kappa shape index (κ2) is 7.43. The summed E-state index contributed by atoms with van der Waals surface area (Å²) in [7, 11) is 4.01. The molecule has 108 valence electrons. The fourth-order valence-electron chi connectivity index (χ4n) is 2.53. The lowest BCUT2D eigenvalue weighted by atomic mass is 9.99. The van der Waals surface area contributed by atoms with Gasteiger partial charge in [-0.25, -0.2) is 0 Å². The zero-order valence-corrected chi connectivity index (χ0v) is 12.8. The number of likely N-dealkylation sites (N-methyl/N-ethyl adjacent to an activating group) is 1. The van der Waals surface area contributed by atoms with Crippen molar-refractivity contribution in [1.29, 1.82) is 0 Å². The molecule has 1 rings (SSSR count). The Morgan fingerprint density at radius 1 is 1.33 bits per heavy atom. The summed E-state index contributed by atoms with van der Waals surface area (Å²) < 4.78 is 5.32. The number of rotatable bonds is 7. The summed E-state index contributed by atoms with van der Waals surface area (Å²) in [5.41, 5.74) is 0.278. The predicted molar refractivity (Wildman–Crippen MR) is 77.1 cm³/mol. The summed E-state index contributed by atoms with van der Waals surface area (Å²) in [4.78, 5) is 5.01. The number of nitrogens with one attached hydrogen (secondary N) is 1. The molecule has 1 heterocycles. The highest BCUT2D eigenvalue weighted by Crippen LogP contribution is 2.18. The fourth-order valence-corrected chi connectivity index (χ4v) is 2.53. The van der Waals surface area contributed by atoms with E-state index in [0.717, 1.165) is 39.3 Å². The molecule has 0 aromatic heterocycles. The average Bonchev–Trinajstić information content (AvgIpc) is 2.31. The van der Waals surface area contributed by atoms with Gasteiger partial charge in [-0.1, -0.05) is 6.92 Å². The van der Waals surface area contributed by atoms with E-state index in [-0.39, 0.29) is 5.54 Å². The van der Waals surface area contributed by atoms with Gasteiger partial charge in [0, 0.05) is 44.9 Å². The predicted octanol–water partition coefficient (Wildman–Crippen LogP) is 1.03. The Kier molecular flexibility index (Phi) is 6.57. The molecule has 0 radical (unpaired) electrons. The molecule has 1 aliphatic heterocycles. The molecule has 1 unspecified atom stereocenters. The number of nitrogens with zero attached hydrogens (tertiary/aromatic N) is 2. The minimum atomic E-state index is 0.278. The molecular weight excluding hydrogens is 226 g/mol. The quantitative estimate of drug-likeness (QED) is 0.737. The Hall–Kier alpha value is -0.160. The van der Waals surface area contributed by atoms with Gasteiger partial charge in [-0.05, 0) is 33.9 Å². The summed E-state index contributed by atoms with van der Waals surface area (Å²) >= 11 is 0. The minimum absolute atomic E-state index is 0.278. The Bertz CT molecular complexity index is 233. The van der Waals surface area contributed by atoms with Crippen LogP contribution in [0.3, 0.4) is 0 Å². The second-order valence-corrected chi connectivity index (χ2v) is 6.08. The van der Waals surface area contributed by atoms with Crippen LogP contribution in [0.2, 0.25) is 0 Å². The van der Waals surface area contributed by atoms with Gasteiger partial charge in [0.15, 0.2) is 0 Å². The zero-order valence-electron chi connectivity index (χ0n) is 12.8. The summed E-state index contributed by atoms with van der Waals surface area (Å²) in [6.45, 7) is 13.3. The zero-order chi connectivity index (χ0) is 13.6. The molecule has 1 N–H and O–H groups in total. The first-order valence-corrected chi connectivity index (χ1v) is 7.15. The Morgan fingerprint density at radius 3 is 2.61 bits per heavy atom. The maximum atomic E-state index is 5.32. The summed E-state index contributed by atoms with van der Waals surface area (Å²) in [6, 6.07) is 0.453. The first-order valence-electron chi connectivity index (χ1n) is 7.15. The molecule has 0 amide bonds. The van der Waals surface area contributed by atoms with Gasteiger partial charge in [0.05, 0.1) is 6.61 Å². The number of ether oxygens (including phenoxy) is 1. The average molecular weight is 257 g/mol. The van der Waals surface area contributed by atoms with Crippen molar-refractivity contribution in [2.24, 2.45) is 0 Å². The van der Waals surface area contributed by atoms with Crippen molar-refractivity contribution in [2.45, 2.75) is 38.8 Å². The second-order valence-electron chi connectivity index (χ2n) is 6.08. The van der Waals surface area contributed by atoms with E-state index in [1.807, 2.05) is 0 Å². The van der Waals surface area contributed by atoms with Crippen LogP contribution in [0.1, 0.15) is 27.2 Å². The Morgan fingerprint density at radius 2 is 2.06 bits per heavy atom. The van der Waals surface area contributed by atoms with E-state index >= 15 is 0 Å². The molecule has 4 nitrogen and oxygen atoms in total. The number of hydrogen-bond donors (Lipinski definition) is 1. The smallest absolute Gasteiger partial charge is 0.0628 e. The monoisotopic (exact) mass is 257 g/mol. The van der Waals surface area contributed by atoms with Crippen LogP contribution in [0, 0.1) is 0 Å². The lowest BCUT2D eigenvalue weighted by Gasteiger charge is -2.46. The Labute approximate surface area is 113 Å². The van der Waals surface area contributed by atoms with E-state index in [9.17, 15) is 0 Å². The standard InChI is InChI=1S/C14H31N3O/c1-6-7-15-13(11-18-5)10-17-9-8-16(4)14(2,3)12-17/h13,15H,6-12H2,1-5H3. The summed E-state index contributed by atoms with van der Waals surface area (Å²) in [6.07, 6.45) is 1.18. The first kappa shape index (κ1) is 15.9. The third kappa shape index (κ3) is 4.84. The van der Waals surface area contributed by atoms with Gasteiger partial charge in [-0.3, -0.25) is 9.80 Å². The number of hydrogen-bond acceptors (Lipinski definition) is 4. The lowest BCUT2D eigenvalue weighted by molar-refractivity contribution is 0.0287.